The van der Waals surface area contributed by atoms with Gasteiger partial charge in [-0.1, -0.05) is 0 Å². The zero-order valence-corrected chi connectivity index (χ0v) is 6.16. The molecule has 1 amide bonds. The average Bonchev–Trinajstić information content (AvgIpc) is 1.84. The summed E-state index contributed by atoms with van der Waals surface area (Å²) in [7, 11) is 0. The molecule has 0 rings (SSSR count). The lowest BCUT2D eigenvalue weighted by molar-refractivity contribution is -0.114. The summed E-state index contributed by atoms with van der Waals surface area (Å²) in [6, 6.07) is 0. The van der Waals surface area contributed by atoms with Crippen molar-refractivity contribution in [1.29, 1.82) is 0 Å². The van der Waals surface area contributed by atoms with Crippen molar-refractivity contribution in [3.63, 3.8) is 0 Å². The quantitative estimate of drug-likeness (QED) is 0.208. The third kappa shape index (κ3) is 3.09. The first-order valence-electron chi connectivity index (χ1n) is 2.81. The van der Waals surface area contributed by atoms with Crippen molar-refractivity contribution in [1.82, 2.24) is 0 Å². The maximum atomic E-state index is 10.4. The minimum atomic E-state index is -0.812. The first-order valence-corrected chi connectivity index (χ1v) is 2.81. The molecule has 0 saturated carbocycles. The molecule has 0 spiro atoms. The largest absolute Gasteiger partial charge is 0.391 e. The highest BCUT2D eigenvalue weighted by Gasteiger charge is 2.03. The third-order valence-corrected chi connectivity index (χ3v) is 0.838. The van der Waals surface area contributed by atoms with E-state index < -0.39 is 5.91 Å². The van der Waals surface area contributed by atoms with Crippen molar-refractivity contribution < 1.29 is 4.79 Å². The fourth-order valence-corrected chi connectivity index (χ4v) is 0.376. The van der Waals surface area contributed by atoms with Crippen LogP contribution in [0.25, 0.3) is 0 Å². The van der Waals surface area contributed by atoms with E-state index in [0.717, 1.165) is 0 Å². The minimum Gasteiger partial charge on any atom is -0.391 e. The third-order valence-electron chi connectivity index (χ3n) is 0.838. The second-order valence-electron chi connectivity index (χ2n) is 1.92. The van der Waals surface area contributed by atoms with Crippen LogP contribution in [0.1, 0.15) is 6.92 Å². The number of amides is 1. The Labute approximate surface area is 63.9 Å². The van der Waals surface area contributed by atoms with E-state index in [1.165, 1.54) is 6.92 Å². The number of carbonyl (C=O) groups excluding carboxylic acids is 1. The van der Waals surface area contributed by atoms with Crippen LogP contribution < -0.4 is 22.9 Å². The van der Waals surface area contributed by atoms with E-state index in [-0.39, 0.29) is 17.4 Å². The Hall–Kier alpha value is -1.72. The number of amidine groups is 1. The molecule has 11 heavy (non-hydrogen) atoms. The smallest absolute Gasteiger partial charge is 0.268 e. The van der Waals surface area contributed by atoms with E-state index in [1.54, 1.807) is 0 Å². The van der Waals surface area contributed by atoms with Gasteiger partial charge in [-0.05, 0) is 6.92 Å². The summed E-state index contributed by atoms with van der Waals surface area (Å²) >= 11 is 0. The van der Waals surface area contributed by atoms with Crippen LogP contribution >= 0.6 is 0 Å². The summed E-state index contributed by atoms with van der Waals surface area (Å²) in [6.07, 6.45) is 0. The van der Waals surface area contributed by atoms with Crippen LogP contribution in [0.4, 0.5) is 0 Å². The standard InChI is InChI=1S/C5H11N5O/c1-2(6)10-4(8)3(7)5(9)11/h7-8H2,1H3,(H2,6,10)(H2,9,11)/b4-3+. The molecule has 6 heteroatoms. The SMILES string of the molecule is CC(N)=N/C(N)=C(/N)C(N)=O. The Kier molecular flexibility index (Phi) is 2.91. The van der Waals surface area contributed by atoms with Gasteiger partial charge in [0.2, 0.25) is 0 Å². The van der Waals surface area contributed by atoms with Gasteiger partial charge in [0.15, 0.2) is 5.82 Å². The molecule has 0 aromatic carbocycles. The van der Waals surface area contributed by atoms with Crippen molar-refractivity contribution in [2.45, 2.75) is 6.92 Å². The van der Waals surface area contributed by atoms with E-state index in [1.807, 2.05) is 0 Å². The van der Waals surface area contributed by atoms with Crippen molar-refractivity contribution in [2.24, 2.45) is 27.9 Å². The van der Waals surface area contributed by atoms with Crippen molar-refractivity contribution in [2.75, 3.05) is 0 Å². The lowest BCUT2D eigenvalue weighted by Gasteiger charge is -1.97. The Morgan fingerprint density at radius 3 is 1.91 bits per heavy atom. The van der Waals surface area contributed by atoms with Crippen molar-refractivity contribution >= 4 is 11.7 Å². The molecule has 0 radical (unpaired) electrons. The summed E-state index contributed by atoms with van der Waals surface area (Å²) in [5, 5.41) is 0. The summed E-state index contributed by atoms with van der Waals surface area (Å²) in [5.41, 5.74) is 20.0. The summed E-state index contributed by atoms with van der Waals surface area (Å²) < 4.78 is 0. The normalized spacial score (nSPS) is 14.1. The monoisotopic (exact) mass is 157 g/mol. The lowest BCUT2D eigenvalue weighted by atomic mass is 10.4. The molecule has 0 unspecified atom stereocenters. The zero-order valence-electron chi connectivity index (χ0n) is 6.16. The first-order chi connectivity index (χ1) is 4.95. The van der Waals surface area contributed by atoms with Gasteiger partial charge in [0.05, 0.1) is 5.84 Å². The highest BCUT2D eigenvalue weighted by molar-refractivity contribution is 5.92. The van der Waals surface area contributed by atoms with Gasteiger partial charge in [-0.2, -0.15) is 0 Å². The van der Waals surface area contributed by atoms with Crippen LogP contribution in [0.5, 0.6) is 0 Å². The predicted molar refractivity (Wildman–Crippen MR) is 41.9 cm³/mol. The highest BCUT2D eigenvalue weighted by Crippen LogP contribution is 1.90. The van der Waals surface area contributed by atoms with E-state index in [9.17, 15) is 4.79 Å². The van der Waals surface area contributed by atoms with Crippen molar-refractivity contribution in [3.05, 3.63) is 11.5 Å². The Morgan fingerprint density at radius 2 is 1.64 bits per heavy atom. The van der Waals surface area contributed by atoms with E-state index in [0.29, 0.717) is 0 Å². The van der Waals surface area contributed by atoms with Gasteiger partial charge < -0.3 is 22.9 Å². The van der Waals surface area contributed by atoms with E-state index in [4.69, 9.17) is 22.9 Å². The van der Waals surface area contributed by atoms with Crippen LogP contribution in [0.3, 0.4) is 0 Å². The fraction of sp³-hybridized carbons (Fsp3) is 0.200. The van der Waals surface area contributed by atoms with Gasteiger partial charge >= 0.3 is 0 Å². The molecule has 0 atom stereocenters. The molecule has 0 aliphatic rings. The molecular formula is C5H11N5O. The molecule has 0 heterocycles. The van der Waals surface area contributed by atoms with Gasteiger partial charge in [-0.25, -0.2) is 4.99 Å². The zero-order chi connectivity index (χ0) is 9.02. The van der Waals surface area contributed by atoms with E-state index in [2.05, 4.69) is 4.99 Å². The predicted octanol–water partition coefficient (Wildman–Crippen LogP) is -2.06. The van der Waals surface area contributed by atoms with Crippen LogP contribution in [-0.4, -0.2) is 11.7 Å². The summed E-state index contributed by atoms with van der Waals surface area (Å²) in [5.74, 6) is -0.753. The maximum Gasteiger partial charge on any atom is 0.268 e. The number of nitrogens with two attached hydrogens (primary N) is 4. The summed E-state index contributed by atoms with van der Waals surface area (Å²) in [6.45, 7) is 1.52. The van der Waals surface area contributed by atoms with Crippen LogP contribution in [0.2, 0.25) is 0 Å². The molecule has 0 aliphatic carbocycles. The number of hydrogen-bond donors (Lipinski definition) is 4. The number of nitrogens with zero attached hydrogens (tertiary/aromatic N) is 1. The molecule has 0 aliphatic heterocycles. The second-order valence-corrected chi connectivity index (χ2v) is 1.92. The van der Waals surface area contributed by atoms with E-state index >= 15 is 0 Å². The Bertz CT molecular complexity index is 225. The molecule has 6 nitrogen and oxygen atoms in total. The molecular weight excluding hydrogens is 146 g/mol. The molecule has 0 saturated heterocycles. The average molecular weight is 157 g/mol. The number of carbonyl (C=O) groups is 1. The van der Waals surface area contributed by atoms with Gasteiger partial charge in [-0.3, -0.25) is 4.79 Å². The number of primary amides is 1. The summed E-state index contributed by atoms with van der Waals surface area (Å²) in [4.78, 5) is 13.9. The number of rotatable bonds is 2. The van der Waals surface area contributed by atoms with Gasteiger partial charge in [0.25, 0.3) is 5.91 Å². The second kappa shape index (κ2) is 3.45. The maximum absolute atomic E-state index is 10.4. The Morgan fingerprint density at radius 1 is 1.18 bits per heavy atom. The highest BCUT2D eigenvalue weighted by atomic mass is 16.1. The van der Waals surface area contributed by atoms with Gasteiger partial charge in [-0.15, -0.1) is 0 Å². The van der Waals surface area contributed by atoms with Crippen LogP contribution in [-0.2, 0) is 4.79 Å². The lowest BCUT2D eigenvalue weighted by Crippen LogP contribution is -2.25. The number of aliphatic imine (C=N–C) groups is 1. The van der Waals surface area contributed by atoms with Gasteiger partial charge in [0, 0.05) is 0 Å². The van der Waals surface area contributed by atoms with Crippen LogP contribution in [0, 0.1) is 0 Å². The minimum absolute atomic E-state index is 0.155. The molecule has 8 N–H and O–H groups in total. The van der Waals surface area contributed by atoms with Crippen molar-refractivity contribution in [3.8, 4) is 0 Å². The van der Waals surface area contributed by atoms with Crippen LogP contribution in [0.15, 0.2) is 16.5 Å². The Balaban J connectivity index is 4.68. The fourth-order valence-electron chi connectivity index (χ4n) is 0.376. The molecule has 0 bridgehead atoms. The van der Waals surface area contributed by atoms with Gasteiger partial charge in [0.1, 0.15) is 5.70 Å². The molecule has 0 aromatic heterocycles. The molecule has 62 valence electrons. The first kappa shape index (κ1) is 9.28. The number of hydrogen-bond acceptors (Lipinski definition) is 4. The molecule has 0 aromatic rings. The topological polar surface area (TPSA) is 134 Å². The molecule has 0 fully saturated rings.